The topological polar surface area (TPSA) is 9.23 Å². The highest BCUT2D eigenvalue weighted by molar-refractivity contribution is 14.1. The highest BCUT2D eigenvalue weighted by Gasteiger charge is 1.94. The fraction of sp³-hybridized carbons (Fsp3) is 0.333. The maximum atomic E-state index is 5.55. The van der Waals surface area contributed by atoms with Crippen LogP contribution < -0.4 is 4.74 Å². The van der Waals surface area contributed by atoms with Crippen LogP contribution in [0.4, 0.5) is 0 Å². The molecule has 0 unspecified atom stereocenters. The second kappa shape index (κ2) is 6.72. The third-order valence-corrected chi connectivity index (χ3v) is 2.56. The molecule has 1 rings (SSSR count). The van der Waals surface area contributed by atoms with Gasteiger partial charge in [0.2, 0.25) is 0 Å². The van der Waals surface area contributed by atoms with Crippen molar-refractivity contribution in [3.05, 3.63) is 29.8 Å². The van der Waals surface area contributed by atoms with Gasteiger partial charge in [-0.05, 0) is 35.5 Å². The highest BCUT2D eigenvalue weighted by Crippen LogP contribution is 2.12. The number of terminal acetylenes is 1. The van der Waals surface area contributed by atoms with Crippen molar-refractivity contribution in [2.45, 2.75) is 12.8 Å². The molecule has 1 nitrogen and oxygen atoms in total. The van der Waals surface area contributed by atoms with Gasteiger partial charge in [-0.2, -0.15) is 0 Å². The molecule has 1 aromatic rings. The molecular weight excluding hydrogens is 287 g/mol. The number of benzene rings is 1. The Morgan fingerprint density at radius 2 is 2.21 bits per heavy atom. The third kappa shape index (κ3) is 4.01. The van der Waals surface area contributed by atoms with Crippen molar-refractivity contribution in [1.82, 2.24) is 0 Å². The fourth-order valence-corrected chi connectivity index (χ4v) is 1.60. The van der Waals surface area contributed by atoms with E-state index in [-0.39, 0.29) is 0 Å². The monoisotopic (exact) mass is 300 g/mol. The van der Waals surface area contributed by atoms with E-state index < -0.39 is 0 Å². The second-order valence-electron chi connectivity index (χ2n) is 2.92. The van der Waals surface area contributed by atoms with Gasteiger partial charge in [-0.15, -0.1) is 6.42 Å². The number of rotatable bonds is 5. The van der Waals surface area contributed by atoms with Gasteiger partial charge in [0.05, 0.1) is 6.61 Å². The predicted molar refractivity (Wildman–Crippen MR) is 68.0 cm³/mol. The summed E-state index contributed by atoms with van der Waals surface area (Å²) in [5, 5.41) is 0. The normalized spacial score (nSPS) is 9.43. The first kappa shape index (κ1) is 11.4. The largest absolute Gasteiger partial charge is 0.494 e. The summed E-state index contributed by atoms with van der Waals surface area (Å²) >= 11 is 2.37. The summed E-state index contributed by atoms with van der Waals surface area (Å²) in [5.74, 6) is 3.46. The van der Waals surface area contributed by atoms with Gasteiger partial charge >= 0.3 is 0 Å². The Morgan fingerprint density at radius 1 is 1.36 bits per heavy atom. The minimum Gasteiger partial charge on any atom is -0.494 e. The number of halogens is 1. The van der Waals surface area contributed by atoms with Crippen LogP contribution in [0, 0.1) is 12.3 Å². The lowest BCUT2D eigenvalue weighted by Gasteiger charge is -2.05. The molecule has 0 saturated carbocycles. The van der Waals surface area contributed by atoms with Crippen LogP contribution in [0.5, 0.6) is 5.75 Å². The average Bonchev–Trinajstić information content (AvgIpc) is 2.25. The second-order valence-corrected chi connectivity index (χ2v) is 4.00. The summed E-state index contributed by atoms with van der Waals surface area (Å²) in [6.07, 6.45) is 7.59. The van der Waals surface area contributed by atoms with E-state index in [4.69, 9.17) is 11.2 Å². The summed E-state index contributed by atoms with van der Waals surface area (Å²) in [6, 6.07) is 7.65. The zero-order chi connectivity index (χ0) is 10.2. The van der Waals surface area contributed by atoms with Crippen molar-refractivity contribution >= 4 is 22.6 Å². The van der Waals surface area contributed by atoms with Crippen LogP contribution in [0.25, 0.3) is 0 Å². The van der Waals surface area contributed by atoms with Crippen molar-refractivity contribution in [1.29, 1.82) is 0 Å². The van der Waals surface area contributed by atoms with Crippen LogP contribution in [0.3, 0.4) is 0 Å². The van der Waals surface area contributed by atoms with Gasteiger partial charge in [0.15, 0.2) is 0 Å². The van der Waals surface area contributed by atoms with Gasteiger partial charge in [0.1, 0.15) is 5.75 Å². The first-order valence-electron chi connectivity index (χ1n) is 4.62. The Balaban J connectivity index is 2.39. The van der Waals surface area contributed by atoms with Crippen molar-refractivity contribution in [2.75, 3.05) is 11.0 Å². The molecule has 2 heteroatoms. The molecular formula is C12H13IO. The lowest BCUT2D eigenvalue weighted by Crippen LogP contribution is -1.97. The summed E-state index contributed by atoms with van der Waals surface area (Å²) in [4.78, 5) is 0. The van der Waals surface area contributed by atoms with Crippen LogP contribution in [0.2, 0.25) is 0 Å². The van der Waals surface area contributed by atoms with E-state index in [9.17, 15) is 0 Å². The molecule has 0 aromatic heterocycles. The van der Waals surface area contributed by atoms with E-state index in [0.717, 1.165) is 24.3 Å². The van der Waals surface area contributed by atoms with Gasteiger partial charge < -0.3 is 4.74 Å². The molecule has 1 aromatic carbocycles. The van der Waals surface area contributed by atoms with E-state index in [1.54, 1.807) is 0 Å². The van der Waals surface area contributed by atoms with Gasteiger partial charge in [-0.25, -0.2) is 0 Å². The van der Waals surface area contributed by atoms with E-state index in [1.165, 1.54) is 10.8 Å². The number of ether oxygens (including phenoxy) is 1. The average molecular weight is 300 g/mol. The zero-order valence-electron chi connectivity index (χ0n) is 8.00. The summed E-state index contributed by atoms with van der Waals surface area (Å²) in [5.41, 5.74) is 0.872. The van der Waals surface area contributed by atoms with Crippen molar-refractivity contribution < 1.29 is 4.74 Å². The summed E-state index contributed by atoms with van der Waals surface area (Å²) < 4.78 is 6.74. The summed E-state index contributed by atoms with van der Waals surface area (Å²) in [6.45, 7) is 0.775. The van der Waals surface area contributed by atoms with Crippen molar-refractivity contribution in [3.8, 4) is 18.1 Å². The molecule has 0 N–H and O–H groups in total. The van der Waals surface area contributed by atoms with Crippen LogP contribution in [-0.4, -0.2) is 11.0 Å². The van der Waals surface area contributed by atoms with E-state index >= 15 is 0 Å². The molecule has 0 aliphatic heterocycles. The third-order valence-electron chi connectivity index (χ3n) is 1.80. The Labute approximate surface area is 99.0 Å². The molecule has 14 heavy (non-hydrogen) atoms. The van der Waals surface area contributed by atoms with Crippen LogP contribution >= 0.6 is 22.6 Å². The Hall–Kier alpha value is -0.690. The Bertz CT molecular complexity index is 314. The molecule has 74 valence electrons. The van der Waals surface area contributed by atoms with Gasteiger partial charge in [-0.3, -0.25) is 0 Å². The molecule has 0 fully saturated rings. The molecule has 0 amide bonds. The lowest BCUT2D eigenvalue weighted by molar-refractivity contribution is 0.310. The molecule has 0 heterocycles. The Morgan fingerprint density at radius 3 is 2.93 bits per heavy atom. The predicted octanol–water partition coefficient (Wildman–Crippen LogP) is 3.26. The van der Waals surface area contributed by atoms with E-state index in [2.05, 4.69) is 28.5 Å². The minimum atomic E-state index is 0.775. The Kier molecular flexibility index (Phi) is 5.46. The van der Waals surface area contributed by atoms with Gasteiger partial charge in [0.25, 0.3) is 0 Å². The molecule has 0 radical (unpaired) electrons. The quantitative estimate of drug-likeness (QED) is 0.351. The molecule has 0 aliphatic rings. The molecule has 0 aliphatic carbocycles. The van der Waals surface area contributed by atoms with Gasteiger partial charge in [-0.1, -0.05) is 34.6 Å². The molecule has 0 saturated heterocycles. The number of hydrogen-bond acceptors (Lipinski definition) is 1. The molecule has 0 atom stereocenters. The maximum Gasteiger partial charge on any atom is 0.120 e. The van der Waals surface area contributed by atoms with Crippen LogP contribution in [0.15, 0.2) is 24.3 Å². The van der Waals surface area contributed by atoms with E-state index in [0.29, 0.717) is 0 Å². The fourth-order valence-electron chi connectivity index (χ4n) is 1.06. The van der Waals surface area contributed by atoms with Crippen LogP contribution in [-0.2, 0) is 0 Å². The van der Waals surface area contributed by atoms with Crippen LogP contribution in [0.1, 0.15) is 18.4 Å². The standard InChI is InChI=1S/C12H13IO/c1-2-11-6-5-7-12(10-11)14-9-4-3-8-13/h1,5-7,10H,3-4,8-9H2. The van der Waals surface area contributed by atoms with Gasteiger partial charge in [0, 0.05) is 5.56 Å². The summed E-state index contributed by atoms with van der Waals surface area (Å²) in [7, 11) is 0. The van der Waals surface area contributed by atoms with E-state index in [1.807, 2.05) is 24.3 Å². The molecule has 0 bridgehead atoms. The highest BCUT2D eigenvalue weighted by atomic mass is 127. The molecule has 0 spiro atoms. The van der Waals surface area contributed by atoms with Crippen molar-refractivity contribution in [2.24, 2.45) is 0 Å². The maximum absolute atomic E-state index is 5.55. The lowest BCUT2D eigenvalue weighted by atomic mass is 10.2. The zero-order valence-corrected chi connectivity index (χ0v) is 10.2. The number of unbranched alkanes of at least 4 members (excludes halogenated alkanes) is 1. The first-order valence-corrected chi connectivity index (χ1v) is 6.15. The first-order chi connectivity index (χ1) is 6.86. The minimum absolute atomic E-state index is 0.775. The number of hydrogen-bond donors (Lipinski definition) is 0. The number of alkyl halides is 1. The van der Waals surface area contributed by atoms with Crippen molar-refractivity contribution in [3.63, 3.8) is 0 Å². The smallest absolute Gasteiger partial charge is 0.120 e. The SMILES string of the molecule is C#Cc1cccc(OCCCCI)c1.